The molecular weight excluding hydrogens is 555 g/mol. The molecule has 0 bridgehead atoms. The molecule has 220 valence electrons. The molecular formula is C34H30F3N3O3. The lowest BCUT2D eigenvalue weighted by atomic mass is 10.0. The average Bonchev–Trinajstić information content (AvgIpc) is 3.68. The first-order valence-corrected chi connectivity index (χ1v) is 14.2. The number of benzene rings is 3. The van der Waals surface area contributed by atoms with Gasteiger partial charge in [0.05, 0.1) is 16.8 Å². The number of carboxylic acid groups (broad SMARTS) is 1. The molecule has 1 fully saturated rings. The molecule has 43 heavy (non-hydrogen) atoms. The number of nitrogens with zero attached hydrogens (tertiary/aromatic N) is 3. The van der Waals surface area contributed by atoms with Crippen molar-refractivity contribution in [2.24, 2.45) is 5.41 Å². The van der Waals surface area contributed by atoms with Gasteiger partial charge < -0.3 is 14.4 Å². The second kappa shape index (κ2) is 11.2. The second-order valence-corrected chi connectivity index (χ2v) is 11.3. The van der Waals surface area contributed by atoms with Crippen molar-refractivity contribution in [2.75, 3.05) is 0 Å². The number of ether oxygens (including phenoxy) is 1. The normalized spacial score (nSPS) is 13.8. The topological polar surface area (TPSA) is 77.2 Å². The van der Waals surface area contributed by atoms with Crippen LogP contribution in [0.5, 0.6) is 5.88 Å². The van der Waals surface area contributed by atoms with Crippen LogP contribution in [0, 0.1) is 29.8 Å². The number of carbonyl (C=O) groups is 1. The summed E-state index contributed by atoms with van der Waals surface area (Å²) in [5.74, 6) is -1.99. The van der Waals surface area contributed by atoms with Crippen molar-refractivity contribution >= 4 is 17.0 Å². The molecule has 6 nitrogen and oxygen atoms in total. The van der Waals surface area contributed by atoms with E-state index in [0.717, 1.165) is 30.9 Å². The molecule has 2 aromatic heterocycles. The monoisotopic (exact) mass is 585 g/mol. The molecule has 0 amide bonds. The van der Waals surface area contributed by atoms with Gasteiger partial charge in [-0.1, -0.05) is 31.2 Å². The fourth-order valence-electron chi connectivity index (χ4n) is 5.43. The predicted octanol–water partition coefficient (Wildman–Crippen LogP) is 7.88. The van der Waals surface area contributed by atoms with Gasteiger partial charge in [-0.05, 0) is 79.1 Å². The molecule has 6 rings (SSSR count). The number of rotatable bonds is 10. The molecule has 1 aliphatic carbocycles. The van der Waals surface area contributed by atoms with E-state index in [9.17, 15) is 18.7 Å². The Morgan fingerprint density at radius 1 is 0.977 bits per heavy atom. The van der Waals surface area contributed by atoms with Crippen LogP contribution >= 0.6 is 0 Å². The summed E-state index contributed by atoms with van der Waals surface area (Å²) in [4.78, 5) is 20.6. The maximum atomic E-state index is 15.5. The van der Waals surface area contributed by atoms with Gasteiger partial charge in [0.15, 0.2) is 5.82 Å². The van der Waals surface area contributed by atoms with Gasteiger partial charge >= 0.3 is 5.97 Å². The van der Waals surface area contributed by atoms with E-state index >= 15 is 4.39 Å². The number of hydrogen-bond acceptors (Lipinski definition) is 4. The van der Waals surface area contributed by atoms with Crippen molar-refractivity contribution in [2.45, 2.75) is 52.7 Å². The second-order valence-electron chi connectivity index (χ2n) is 11.3. The molecule has 1 aliphatic rings. The highest BCUT2D eigenvalue weighted by Crippen LogP contribution is 2.50. The lowest BCUT2D eigenvalue weighted by Crippen LogP contribution is -2.14. The zero-order valence-electron chi connectivity index (χ0n) is 23.8. The van der Waals surface area contributed by atoms with Gasteiger partial charge in [0.25, 0.3) is 0 Å². The lowest BCUT2D eigenvalue weighted by Gasteiger charge is -2.17. The summed E-state index contributed by atoms with van der Waals surface area (Å²) in [5, 5.41) is 9.50. The number of pyridine rings is 1. The third kappa shape index (κ3) is 5.84. The summed E-state index contributed by atoms with van der Waals surface area (Å²) in [5.41, 5.74) is 2.92. The van der Waals surface area contributed by atoms with Gasteiger partial charge in [0, 0.05) is 30.2 Å². The summed E-state index contributed by atoms with van der Waals surface area (Å²) < 4.78 is 52.2. The highest BCUT2D eigenvalue weighted by atomic mass is 19.1. The highest BCUT2D eigenvalue weighted by molar-refractivity contribution is 5.92. The smallest absolute Gasteiger partial charge is 0.335 e. The number of aromatic carboxylic acids is 1. The molecule has 9 heteroatoms. The summed E-state index contributed by atoms with van der Waals surface area (Å²) in [6.07, 6.45) is 3.23. The minimum Gasteiger partial charge on any atom is -0.478 e. The van der Waals surface area contributed by atoms with Crippen LogP contribution < -0.4 is 4.74 Å². The molecule has 0 spiro atoms. The van der Waals surface area contributed by atoms with E-state index in [1.165, 1.54) is 18.2 Å². The van der Waals surface area contributed by atoms with Crippen LogP contribution in [-0.4, -0.2) is 25.6 Å². The SMILES string of the molecule is CCC1(Cn2c(Cc3ccc(-c4cccc(OCc5ccc(C)cc5F)n4)c(F)c3)nc3c(F)cc(C(=O)O)cc32)CC1. The Bertz CT molecular complexity index is 1860. The van der Waals surface area contributed by atoms with Gasteiger partial charge in [0.2, 0.25) is 5.88 Å². The fourth-order valence-corrected chi connectivity index (χ4v) is 5.43. The van der Waals surface area contributed by atoms with Crippen LogP contribution in [0.3, 0.4) is 0 Å². The van der Waals surface area contributed by atoms with Gasteiger partial charge in [-0.3, -0.25) is 0 Å². The molecule has 1 saturated carbocycles. The minimum atomic E-state index is -1.21. The fraction of sp³-hybridized carbons (Fsp3) is 0.265. The maximum Gasteiger partial charge on any atom is 0.335 e. The standard InChI is InChI=1S/C34H30F3N3O3/c1-3-34(11-12-34)19-40-29-17-23(33(41)42)16-27(37)32(29)39-30(40)15-21-8-10-24(26(36)14-21)28-5-4-6-31(38-28)43-18-22-9-7-20(2)13-25(22)35/h4-10,13-14,16-17H,3,11-12,15,18-19H2,1-2H3,(H,41,42). The maximum absolute atomic E-state index is 15.5. The number of hydrogen-bond donors (Lipinski definition) is 1. The summed E-state index contributed by atoms with van der Waals surface area (Å²) in [7, 11) is 0. The first-order chi connectivity index (χ1) is 20.6. The largest absolute Gasteiger partial charge is 0.478 e. The van der Waals surface area contributed by atoms with Crippen molar-refractivity contribution < 1.29 is 27.8 Å². The molecule has 3 aromatic carbocycles. The summed E-state index contributed by atoms with van der Waals surface area (Å²) in [6, 6.07) is 17.1. The van der Waals surface area contributed by atoms with E-state index in [4.69, 9.17) is 4.74 Å². The van der Waals surface area contributed by atoms with Crippen LogP contribution in [0.4, 0.5) is 13.2 Å². The summed E-state index contributed by atoms with van der Waals surface area (Å²) in [6.45, 7) is 4.49. The number of aryl methyl sites for hydroxylation is 1. The molecule has 0 radical (unpaired) electrons. The van der Waals surface area contributed by atoms with Gasteiger partial charge in [-0.25, -0.2) is 27.9 Å². The molecule has 0 aliphatic heterocycles. The van der Waals surface area contributed by atoms with Crippen LogP contribution in [0.2, 0.25) is 0 Å². The zero-order valence-corrected chi connectivity index (χ0v) is 23.8. The minimum absolute atomic E-state index is 0.0150. The van der Waals surface area contributed by atoms with Crippen LogP contribution in [0.15, 0.2) is 66.7 Å². The van der Waals surface area contributed by atoms with Gasteiger partial charge in [-0.2, -0.15) is 0 Å². The zero-order chi connectivity index (χ0) is 30.3. The lowest BCUT2D eigenvalue weighted by molar-refractivity contribution is 0.0696. The van der Waals surface area contributed by atoms with Gasteiger partial charge in [0.1, 0.15) is 29.6 Å². The predicted molar refractivity (Wildman–Crippen MR) is 157 cm³/mol. The first-order valence-electron chi connectivity index (χ1n) is 14.2. The number of fused-ring (bicyclic) bond motifs is 1. The Labute approximate surface area is 246 Å². The number of imidazole rings is 1. The first kappa shape index (κ1) is 28.5. The van der Waals surface area contributed by atoms with Crippen LogP contribution in [0.1, 0.15) is 59.1 Å². The molecule has 0 saturated heterocycles. The number of carboxylic acids is 1. The van der Waals surface area contributed by atoms with E-state index in [1.54, 1.807) is 49.4 Å². The van der Waals surface area contributed by atoms with Crippen LogP contribution in [0.25, 0.3) is 22.3 Å². The van der Waals surface area contributed by atoms with Crippen molar-refractivity contribution in [3.63, 3.8) is 0 Å². The molecule has 0 atom stereocenters. The van der Waals surface area contributed by atoms with Gasteiger partial charge in [-0.15, -0.1) is 0 Å². The third-order valence-corrected chi connectivity index (χ3v) is 8.31. The van der Waals surface area contributed by atoms with Crippen molar-refractivity contribution in [1.29, 1.82) is 0 Å². The van der Waals surface area contributed by atoms with E-state index in [-0.39, 0.29) is 46.8 Å². The third-order valence-electron chi connectivity index (χ3n) is 8.31. The van der Waals surface area contributed by atoms with E-state index in [0.29, 0.717) is 34.7 Å². The molecule has 0 unspecified atom stereocenters. The molecule has 1 N–H and O–H groups in total. The summed E-state index contributed by atoms with van der Waals surface area (Å²) >= 11 is 0. The Morgan fingerprint density at radius 2 is 1.79 bits per heavy atom. The number of aromatic nitrogens is 3. The van der Waals surface area contributed by atoms with E-state index in [1.807, 2.05) is 4.57 Å². The van der Waals surface area contributed by atoms with Crippen LogP contribution in [-0.2, 0) is 19.6 Å². The van der Waals surface area contributed by atoms with E-state index in [2.05, 4.69) is 16.9 Å². The van der Waals surface area contributed by atoms with Crippen molar-refractivity contribution in [3.05, 3.63) is 112 Å². The average molecular weight is 586 g/mol. The number of halogens is 3. The Balaban J connectivity index is 1.27. The Kier molecular flexibility index (Phi) is 7.42. The van der Waals surface area contributed by atoms with Crippen molar-refractivity contribution in [3.8, 4) is 17.1 Å². The molecule has 5 aromatic rings. The molecule has 2 heterocycles. The van der Waals surface area contributed by atoms with Crippen molar-refractivity contribution in [1.82, 2.24) is 14.5 Å². The quantitative estimate of drug-likeness (QED) is 0.180. The Morgan fingerprint density at radius 3 is 2.49 bits per heavy atom. The highest BCUT2D eigenvalue weighted by Gasteiger charge is 2.41. The Hall–Kier alpha value is -4.66. The van der Waals surface area contributed by atoms with E-state index < -0.39 is 17.6 Å².